The molecular formula is C20H25N3O5S. The first-order valence-electron chi connectivity index (χ1n) is 9.66. The Hall–Kier alpha value is -2.44. The number of hydrogen-bond donors (Lipinski definition) is 1. The summed E-state index contributed by atoms with van der Waals surface area (Å²) in [7, 11) is -3.69. The lowest BCUT2D eigenvalue weighted by Crippen LogP contribution is -2.46. The molecule has 3 atom stereocenters. The number of nitriles is 1. The van der Waals surface area contributed by atoms with E-state index in [1.165, 1.54) is 0 Å². The first-order chi connectivity index (χ1) is 13.8. The molecule has 8 nitrogen and oxygen atoms in total. The van der Waals surface area contributed by atoms with Crippen LogP contribution in [0.25, 0.3) is 0 Å². The van der Waals surface area contributed by atoms with Gasteiger partial charge in [0.15, 0.2) is 9.84 Å². The topological polar surface area (TPSA) is 117 Å². The van der Waals surface area contributed by atoms with Crippen molar-refractivity contribution in [3.05, 3.63) is 29.8 Å². The number of nitrogens with zero attached hydrogens (tertiary/aromatic N) is 2. The van der Waals surface area contributed by atoms with E-state index in [0.29, 0.717) is 26.3 Å². The van der Waals surface area contributed by atoms with Gasteiger partial charge in [0.05, 0.1) is 41.3 Å². The fourth-order valence-corrected chi connectivity index (χ4v) is 5.99. The summed E-state index contributed by atoms with van der Waals surface area (Å²) in [5.41, 5.74) is 0.827. The molecule has 1 heterocycles. The van der Waals surface area contributed by atoms with Gasteiger partial charge in [-0.25, -0.2) is 8.42 Å². The van der Waals surface area contributed by atoms with Gasteiger partial charge < -0.3 is 15.0 Å². The second kappa shape index (κ2) is 8.93. The summed E-state index contributed by atoms with van der Waals surface area (Å²) >= 11 is 0. The molecule has 9 heteroatoms. The highest BCUT2D eigenvalue weighted by Gasteiger charge is 2.48. The Morgan fingerprint density at radius 1 is 1.24 bits per heavy atom. The Labute approximate surface area is 170 Å². The number of carbonyl (C=O) groups is 2. The number of aryl methyl sites for hydroxylation is 1. The van der Waals surface area contributed by atoms with Crippen molar-refractivity contribution in [2.45, 2.75) is 29.9 Å². The van der Waals surface area contributed by atoms with Crippen LogP contribution < -0.4 is 5.32 Å². The maximum Gasteiger partial charge on any atom is 0.226 e. The van der Waals surface area contributed by atoms with E-state index in [2.05, 4.69) is 5.32 Å². The molecule has 1 saturated carbocycles. The second-order valence-corrected chi connectivity index (χ2v) is 9.71. The van der Waals surface area contributed by atoms with Crippen molar-refractivity contribution < 1.29 is 22.7 Å². The minimum Gasteiger partial charge on any atom is -0.378 e. The van der Waals surface area contributed by atoms with E-state index in [-0.39, 0.29) is 30.2 Å². The molecule has 1 aliphatic carbocycles. The van der Waals surface area contributed by atoms with E-state index in [0.717, 1.165) is 5.56 Å². The van der Waals surface area contributed by atoms with E-state index in [1.807, 2.05) is 19.1 Å². The maximum atomic E-state index is 13.2. The van der Waals surface area contributed by atoms with Gasteiger partial charge >= 0.3 is 0 Å². The van der Waals surface area contributed by atoms with Crippen LogP contribution in [0.5, 0.6) is 0 Å². The number of hydrogen-bond acceptors (Lipinski definition) is 6. The van der Waals surface area contributed by atoms with Crippen molar-refractivity contribution in [1.82, 2.24) is 10.2 Å². The summed E-state index contributed by atoms with van der Waals surface area (Å²) in [6, 6.07) is 8.50. The van der Waals surface area contributed by atoms with Crippen molar-refractivity contribution in [3.8, 4) is 6.07 Å². The fraction of sp³-hybridized carbons (Fsp3) is 0.550. The average molecular weight is 420 g/mol. The lowest BCUT2D eigenvalue weighted by Gasteiger charge is -2.30. The molecule has 3 unspecified atom stereocenters. The smallest absolute Gasteiger partial charge is 0.226 e. The molecule has 0 radical (unpaired) electrons. The van der Waals surface area contributed by atoms with E-state index in [9.17, 15) is 18.0 Å². The number of morpholine rings is 1. The Bertz CT molecular complexity index is 918. The number of amides is 2. The highest BCUT2D eigenvalue weighted by molar-refractivity contribution is 7.92. The Kier molecular flexibility index (Phi) is 6.55. The van der Waals surface area contributed by atoms with Crippen LogP contribution in [0.1, 0.15) is 18.4 Å². The molecule has 0 spiro atoms. The zero-order valence-electron chi connectivity index (χ0n) is 16.3. The van der Waals surface area contributed by atoms with Crippen LogP contribution in [0.15, 0.2) is 29.2 Å². The molecule has 1 aliphatic heterocycles. The molecule has 3 rings (SSSR count). The molecule has 1 saturated heterocycles. The third-order valence-electron chi connectivity index (χ3n) is 5.59. The molecule has 2 aliphatic rings. The van der Waals surface area contributed by atoms with Crippen LogP contribution in [-0.2, 0) is 24.2 Å². The SMILES string of the molecule is Cc1cccc(S(=O)(=O)C2CC(C(=O)NCC#N)C(C(=O)N3CCOCC3)C2)c1. The summed E-state index contributed by atoms with van der Waals surface area (Å²) < 4.78 is 31.6. The van der Waals surface area contributed by atoms with Crippen LogP contribution in [-0.4, -0.2) is 63.2 Å². The van der Waals surface area contributed by atoms with Gasteiger partial charge in [-0.1, -0.05) is 12.1 Å². The molecule has 29 heavy (non-hydrogen) atoms. The van der Waals surface area contributed by atoms with Crippen LogP contribution in [0.4, 0.5) is 0 Å². The lowest BCUT2D eigenvalue weighted by atomic mass is 9.93. The predicted molar refractivity (Wildman–Crippen MR) is 104 cm³/mol. The van der Waals surface area contributed by atoms with Crippen LogP contribution in [0.3, 0.4) is 0 Å². The van der Waals surface area contributed by atoms with E-state index >= 15 is 0 Å². The van der Waals surface area contributed by atoms with Crippen molar-refractivity contribution in [1.29, 1.82) is 5.26 Å². The van der Waals surface area contributed by atoms with E-state index in [1.54, 1.807) is 23.1 Å². The van der Waals surface area contributed by atoms with Gasteiger partial charge in [-0.2, -0.15) is 5.26 Å². The molecule has 0 bridgehead atoms. The molecular weight excluding hydrogens is 394 g/mol. The Balaban J connectivity index is 1.86. The number of carbonyl (C=O) groups excluding carboxylic acids is 2. The molecule has 1 N–H and O–H groups in total. The van der Waals surface area contributed by atoms with Gasteiger partial charge in [0, 0.05) is 13.1 Å². The quantitative estimate of drug-likeness (QED) is 0.701. The highest BCUT2D eigenvalue weighted by Crippen LogP contribution is 2.39. The summed E-state index contributed by atoms with van der Waals surface area (Å²) in [6.07, 6.45) is 0.158. The average Bonchev–Trinajstić information content (AvgIpc) is 3.18. The molecule has 2 amide bonds. The van der Waals surface area contributed by atoms with Gasteiger partial charge in [-0.05, 0) is 37.5 Å². The third-order valence-corrected chi connectivity index (χ3v) is 7.77. The number of sulfone groups is 1. The van der Waals surface area contributed by atoms with Crippen LogP contribution >= 0.6 is 0 Å². The maximum absolute atomic E-state index is 13.2. The molecule has 2 fully saturated rings. The van der Waals surface area contributed by atoms with Crippen molar-refractivity contribution in [2.75, 3.05) is 32.8 Å². The standard InChI is InChI=1S/C20H25N3O5S/c1-14-3-2-4-15(11-14)29(26,27)16-12-17(19(24)22-6-5-21)18(13-16)20(25)23-7-9-28-10-8-23/h2-4,11,16-18H,6-10,12-13H2,1H3,(H,22,24). The van der Waals surface area contributed by atoms with Crippen molar-refractivity contribution in [3.63, 3.8) is 0 Å². The Morgan fingerprint density at radius 2 is 1.93 bits per heavy atom. The monoisotopic (exact) mass is 419 g/mol. The zero-order chi connectivity index (χ0) is 21.0. The van der Waals surface area contributed by atoms with Gasteiger partial charge in [0.1, 0.15) is 6.54 Å². The summed E-state index contributed by atoms with van der Waals surface area (Å²) in [4.78, 5) is 27.5. The number of rotatable bonds is 5. The van der Waals surface area contributed by atoms with Gasteiger partial charge in [-0.3, -0.25) is 9.59 Å². The predicted octanol–water partition coefficient (Wildman–Crippen LogP) is 0.662. The highest BCUT2D eigenvalue weighted by atomic mass is 32.2. The van der Waals surface area contributed by atoms with Gasteiger partial charge in [0.2, 0.25) is 11.8 Å². The Morgan fingerprint density at radius 3 is 2.59 bits per heavy atom. The number of benzene rings is 1. The largest absolute Gasteiger partial charge is 0.378 e. The molecule has 0 aromatic heterocycles. The number of nitrogens with one attached hydrogen (secondary N) is 1. The third kappa shape index (κ3) is 4.60. The van der Waals surface area contributed by atoms with Crippen LogP contribution in [0, 0.1) is 30.1 Å². The van der Waals surface area contributed by atoms with E-state index in [4.69, 9.17) is 10.00 Å². The first-order valence-corrected chi connectivity index (χ1v) is 11.2. The van der Waals surface area contributed by atoms with Crippen LogP contribution in [0.2, 0.25) is 0 Å². The molecule has 1 aromatic rings. The minimum atomic E-state index is -3.69. The summed E-state index contributed by atoms with van der Waals surface area (Å²) in [5.74, 6) is -2.16. The zero-order valence-corrected chi connectivity index (χ0v) is 17.2. The normalized spacial score (nSPS) is 24.7. The van der Waals surface area contributed by atoms with E-state index < -0.39 is 32.8 Å². The molecule has 156 valence electrons. The lowest BCUT2D eigenvalue weighted by molar-refractivity contribution is -0.144. The minimum absolute atomic E-state index is 0.0638. The van der Waals surface area contributed by atoms with Gasteiger partial charge in [-0.15, -0.1) is 0 Å². The summed E-state index contributed by atoms with van der Waals surface area (Å²) in [6.45, 7) is 3.34. The summed E-state index contributed by atoms with van der Waals surface area (Å²) in [5, 5.41) is 10.4. The molecule has 1 aromatic carbocycles. The van der Waals surface area contributed by atoms with Crippen molar-refractivity contribution in [2.24, 2.45) is 11.8 Å². The second-order valence-electron chi connectivity index (χ2n) is 7.48. The number of ether oxygens (including phenoxy) is 1. The fourth-order valence-electron chi connectivity index (χ4n) is 4.07. The first kappa shape index (κ1) is 21.3. The van der Waals surface area contributed by atoms with Crippen molar-refractivity contribution >= 4 is 21.7 Å². The van der Waals surface area contributed by atoms with Gasteiger partial charge in [0.25, 0.3) is 0 Å².